The molecule has 1 rings (SSSR count). The Hall–Kier alpha value is -2.70. The van der Waals surface area contributed by atoms with Crippen LogP contribution in [0.5, 0.6) is 0 Å². The van der Waals surface area contributed by atoms with E-state index in [0.29, 0.717) is 11.3 Å². The highest BCUT2D eigenvalue weighted by Gasteiger charge is 2.13. The van der Waals surface area contributed by atoms with Crippen molar-refractivity contribution in [3.05, 3.63) is 29.3 Å². The fourth-order valence-electron chi connectivity index (χ4n) is 1.64. The number of carbonyl (C=O) groups is 3. The van der Waals surface area contributed by atoms with Gasteiger partial charge in [-0.3, -0.25) is 15.0 Å². The molecule has 0 fully saturated rings. The molecule has 22 heavy (non-hydrogen) atoms. The van der Waals surface area contributed by atoms with Gasteiger partial charge >= 0.3 is 11.9 Å². The van der Waals surface area contributed by atoms with Crippen molar-refractivity contribution in [2.24, 2.45) is 5.10 Å². The Morgan fingerprint density at radius 3 is 2.50 bits per heavy atom. The fraction of sp³-hybridized carbons (Fsp3) is 0.333. The highest BCUT2D eigenvalue weighted by atomic mass is 16.5. The van der Waals surface area contributed by atoms with E-state index in [2.05, 4.69) is 10.5 Å². The van der Waals surface area contributed by atoms with Gasteiger partial charge in [-0.2, -0.15) is 5.10 Å². The van der Waals surface area contributed by atoms with Crippen molar-refractivity contribution < 1.29 is 24.2 Å². The minimum atomic E-state index is -1.02. The number of hydrogen-bond acceptors (Lipinski definition) is 6. The summed E-state index contributed by atoms with van der Waals surface area (Å²) in [6, 6.07) is 4.45. The number of carbonyl (C=O) groups excluding carboxylic acids is 2. The number of hydrogen-bond donors (Lipinski definition) is 2. The summed E-state index contributed by atoms with van der Waals surface area (Å²) in [5, 5.41) is 12.8. The molecule has 0 heterocycles. The van der Waals surface area contributed by atoms with Crippen LogP contribution in [0.3, 0.4) is 0 Å². The molecule has 118 valence electrons. The summed E-state index contributed by atoms with van der Waals surface area (Å²) in [6.07, 6.45) is -0.220. The van der Waals surface area contributed by atoms with Gasteiger partial charge in [-0.05, 0) is 37.6 Å². The van der Waals surface area contributed by atoms with Crippen molar-refractivity contribution >= 4 is 29.1 Å². The van der Waals surface area contributed by atoms with Gasteiger partial charge in [0.2, 0.25) is 0 Å². The molecule has 0 bridgehead atoms. The van der Waals surface area contributed by atoms with Crippen molar-refractivity contribution in [1.29, 1.82) is 0 Å². The number of aryl methyl sites for hydroxylation is 1. The van der Waals surface area contributed by atoms with E-state index in [4.69, 9.17) is 9.84 Å². The Labute approximate surface area is 128 Å². The summed E-state index contributed by atoms with van der Waals surface area (Å²) in [7, 11) is 0. The molecule has 7 nitrogen and oxygen atoms in total. The van der Waals surface area contributed by atoms with E-state index in [1.807, 2.05) is 0 Å². The lowest BCUT2D eigenvalue weighted by molar-refractivity contribution is -0.141. The van der Waals surface area contributed by atoms with E-state index < -0.39 is 11.9 Å². The Morgan fingerprint density at radius 1 is 1.32 bits per heavy atom. The van der Waals surface area contributed by atoms with Crippen LogP contribution in [-0.2, 0) is 14.3 Å². The third-order valence-corrected chi connectivity index (χ3v) is 2.81. The minimum absolute atomic E-state index is 0.0418. The number of anilines is 1. The number of rotatable bonds is 7. The number of nitrogens with zero attached hydrogens (tertiary/aromatic N) is 1. The van der Waals surface area contributed by atoms with E-state index >= 15 is 0 Å². The Balaban J connectivity index is 2.89. The Morgan fingerprint density at radius 2 is 2.00 bits per heavy atom. The number of esters is 1. The average Bonchev–Trinajstić information content (AvgIpc) is 2.44. The zero-order valence-corrected chi connectivity index (χ0v) is 12.7. The van der Waals surface area contributed by atoms with E-state index in [1.54, 1.807) is 19.9 Å². The number of ketones is 1. The number of hydrazone groups is 1. The van der Waals surface area contributed by atoms with Crippen LogP contribution in [0.15, 0.2) is 23.3 Å². The summed E-state index contributed by atoms with van der Waals surface area (Å²) in [4.78, 5) is 33.7. The zero-order chi connectivity index (χ0) is 16.7. The van der Waals surface area contributed by atoms with Gasteiger partial charge in [0.15, 0.2) is 5.78 Å². The van der Waals surface area contributed by atoms with Gasteiger partial charge in [0.1, 0.15) is 5.71 Å². The lowest BCUT2D eigenvalue weighted by atomic mass is 10.1. The van der Waals surface area contributed by atoms with Gasteiger partial charge in [0.25, 0.3) is 0 Å². The van der Waals surface area contributed by atoms with Crippen LogP contribution in [0.4, 0.5) is 5.69 Å². The summed E-state index contributed by atoms with van der Waals surface area (Å²) in [5.41, 5.74) is 4.08. The number of benzene rings is 1. The van der Waals surface area contributed by atoms with Crippen LogP contribution in [0.25, 0.3) is 0 Å². The van der Waals surface area contributed by atoms with Gasteiger partial charge in [-0.1, -0.05) is 0 Å². The number of ether oxygens (including phenoxy) is 1. The smallest absolute Gasteiger partial charge is 0.335 e. The molecule has 0 spiro atoms. The van der Waals surface area contributed by atoms with Gasteiger partial charge in [-0.15, -0.1) is 0 Å². The topological polar surface area (TPSA) is 105 Å². The molecule has 1 aromatic carbocycles. The molecule has 0 unspecified atom stereocenters. The summed E-state index contributed by atoms with van der Waals surface area (Å²) in [6.45, 7) is 4.92. The first-order valence-corrected chi connectivity index (χ1v) is 6.68. The highest BCUT2D eigenvalue weighted by Crippen LogP contribution is 2.16. The quantitative estimate of drug-likeness (QED) is 0.453. The monoisotopic (exact) mass is 306 g/mol. The second kappa shape index (κ2) is 7.92. The number of carboxylic acids is 1. The molecule has 0 saturated carbocycles. The van der Waals surface area contributed by atoms with E-state index in [0.717, 1.165) is 0 Å². The molecule has 1 aromatic rings. The van der Waals surface area contributed by atoms with Crippen molar-refractivity contribution in [1.82, 2.24) is 0 Å². The first kappa shape index (κ1) is 17.4. The Kier molecular flexibility index (Phi) is 6.25. The number of aromatic carboxylic acids is 1. The maximum atomic E-state index is 11.5. The predicted molar refractivity (Wildman–Crippen MR) is 81.1 cm³/mol. The second-order valence-electron chi connectivity index (χ2n) is 4.54. The van der Waals surface area contributed by atoms with Crippen molar-refractivity contribution in [2.75, 3.05) is 12.0 Å². The van der Waals surface area contributed by atoms with Crippen LogP contribution in [0.1, 0.15) is 36.2 Å². The molecule has 0 aromatic heterocycles. The zero-order valence-electron chi connectivity index (χ0n) is 12.7. The largest absolute Gasteiger partial charge is 0.478 e. The average molecular weight is 306 g/mol. The van der Waals surface area contributed by atoms with Crippen LogP contribution in [0, 0.1) is 6.92 Å². The predicted octanol–water partition coefficient (Wildman–Crippen LogP) is 2.00. The maximum absolute atomic E-state index is 11.5. The lowest BCUT2D eigenvalue weighted by Gasteiger charge is -2.08. The molecule has 0 radical (unpaired) electrons. The third kappa shape index (κ3) is 5.01. The second-order valence-corrected chi connectivity index (χ2v) is 4.54. The molecule has 7 heteroatoms. The van der Waals surface area contributed by atoms with Gasteiger partial charge in [0.05, 0.1) is 24.3 Å². The van der Waals surface area contributed by atoms with Crippen LogP contribution in [-0.4, -0.2) is 35.1 Å². The fourth-order valence-corrected chi connectivity index (χ4v) is 1.64. The lowest BCUT2D eigenvalue weighted by Crippen LogP contribution is -2.19. The summed E-state index contributed by atoms with van der Waals surface area (Å²) >= 11 is 0. The summed E-state index contributed by atoms with van der Waals surface area (Å²) < 4.78 is 4.78. The van der Waals surface area contributed by atoms with Crippen molar-refractivity contribution in [3.8, 4) is 0 Å². The van der Waals surface area contributed by atoms with Gasteiger partial charge in [0, 0.05) is 6.92 Å². The normalized spacial score (nSPS) is 11.0. The van der Waals surface area contributed by atoms with Crippen LogP contribution < -0.4 is 5.43 Å². The SMILES string of the molecule is CCOC(=O)CC(=NNc1ccc(C(=O)O)cc1C)C(C)=O. The molecule has 0 saturated heterocycles. The van der Waals surface area contributed by atoms with Gasteiger partial charge < -0.3 is 9.84 Å². The molecular formula is C15H18N2O5. The first-order valence-electron chi connectivity index (χ1n) is 6.68. The third-order valence-electron chi connectivity index (χ3n) is 2.81. The molecule has 2 N–H and O–H groups in total. The van der Waals surface area contributed by atoms with Crippen LogP contribution >= 0.6 is 0 Å². The number of Topliss-reactive ketones (excluding diaryl/α,β-unsaturated/α-hetero) is 1. The minimum Gasteiger partial charge on any atom is -0.478 e. The first-order chi connectivity index (χ1) is 10.3. The van der Waals surface area contributed by atoms with E-state index in [-0.39, 0.29) is 30.1 Å². The van der Waals surface area contributed by atoms with E-state index in [1.165, 1.54) is 19.1 Å². The van der Waals surface area contributed by atoms with Crippen molar-refractivity contribution in [3.63, 3.8) is 0 Å². The maximum Gasteiger partial charge on any atom is 0.335 e. The standard InChI is InChI=1S/C15H18N2O5/c1-4-22-14(19)8-13(10(3)18)17-16-12-6-5-11(15(20)21)7-9(12)2/h5-7,16H,4,8H2,1-3H3,(H,20,21). The molecule has 0 aliphatic carbocycles. The molecule has 0 atom stereocenters. The summed E-state index contributed by atoms with van der Waals surface area (Å²) in [5.74, 6) is -1.90. The molecule has 0 amide bonds. The number of carboxylic acid groups (broad SMARTS) is 1. The van der Waals surface area contributed by atoms with Crippen LogP contribution in [0.2, 0.25) is 0 Å². The molecule has 0 aliphatic rings. The molecular weight excluding hydrogens is 288 g/mol. The highest BCUT2D eigenvalue weighted by molar-refractivity contribution is 6.41. The van der Waals surface area contributed by atoms with Gasteiger partial charge in [-0.25, -0.2) is 4.79 Å². The molecule has 0 aliphatic heterocycles. The number of nitrogens with one attached hydrogen (secondary N) is 1. The van der Waals surface area contributed by atoms with E-state index in [9.17, 15) is 14.4 Å². The van der Waals surface area contributed by atoms with Crippen molar-refractivity contribution in [2.45, 2.75) is 27.2 Å². The Bertz CT molecular complexity index is 622.